The highest BCUT2D eigenvalue weighted by Gasteiger charge is 2.30. The zero-order valence-electron chi connectivity index (χ0n) is 18.1. The van der Waals surface area contributed by atoms with Crippen molar-refractivity contribution in [3.8, 4) is 23.4 Å². The number of sulfone groups is 1. The summed E-state index contributed by atoms with van der Waals surface area (Å²) in [5.41, 5.74) is -0.766. The SMILES string of the molecule is COc1ccccc1Oc1nc2ccccn2c(=O)c1/C=C(\C#N)C(=O)N[C@H]1CCS(=O)(=O)C1. The minimum absolute atomic E-state index is 0.0314. The van der Waals surface area contributed by atoms with E-state index in [0.717, 1.165) is 6.08 Å². The summed E-state index contributed by atoms with van der Waals surface area (Å²) < 4.78 is 35.8. The zero-order chi connectivity index (χ0) is 24.3. The molecule has 3 aromatic rings. The molecule has 1 aromatic carbocycles. The molecule has 11 heteroatoms. The smallest absolute Gasteiger partial charge is 0.269 e. The van der Waals surface area contributed by atoms with Gasteiger partial charge in [-0.1, -0.05) is 18.2 Å². The van der Waals surface area contributed by atoms with E-state index in [-0.39, 0.29) is 40.7 Å². The number of benzene rings is 1. The van der Waals surface area contributed by atoms with Gasteiger partial charge in [0.1, 0.15) is 22.9 Å². The van der Waals surface area contributed by atoms with Gasteiger partial charge in [-0.3, -0.25) is 14.0 Å². The predicted octanol–water partition coefficient (Wildman–Crippen LogP) is 1.71. The summed E-state index contributed by atoms with van der Waals surface area (Å²) in [5, 5.41) is 12.2. The molecule has 2 aromatic heterocycles. The van der Waals surface area contributed by atoms with Crippen molar-refractivity contribution in [2.24, 2.45) is 0 Å². The molecular formula is C23H20N4O6S. The second-order valence-electron chi connectivity index (χ2n) is 7.56. The number of nitrogens with zero attached hydrogens (tertiary/aromatic N) is 3. The average Bonchev–Trinajstić information content (AvgIpc) is 3.17. The van der Waals surface area contributed by atoms with Crippen molar-refractivity contribution in [2.45, 2.75) is 12.5 Å². The van der Waals surface area contributed by atoms with Crippen LogP contribution in [0, 0.1) is 11.3 Å². The summed E-state index contributed by atoms with van der Waals surface area (Å²) in [4.78, 5) is 30.3. The van der Waals surface area contributed by atoms with Crippen molar-refractivity contribution in [3.05, 3.63) is 70.2 Å². The number of methoxy groups -OCH3 is 1. The lowest BCUT2D eigenvalue weighted by Gasteiger charge is -2.13. The Morgan fingerprint density at radius 2 is 1.97 bits per heavy atom. The molecule has 0 aliphatic carbocycles. The minimum atomic E-state index is -3.22. The van der Waals surface area contributed by atoms with E-state index in [1.54, 1.807) is 48.5 Å². The van der Waals surface area contributed by atoms with Crippen molar-refractivity contribution in [3.63, 3.8) is 0 Å². The molecule has 1 saturated heterocycles. The van der Waals surface area contributed by atoms with Crippen molar-refractivity contribution in [1.29, 1.82) is 5.26 Å². The number of hydrogen-bond acceptors (Lipinski definition) is 8. The molecule has 0 radical (unpaired) electrons. The Balaban J connectivity index is 1.78. The molecule has 1 aliphatic heterocycles. The van der Waals surface area contributed by atoms with Gasteiger partial charge < -0.3 is 14.8 Å². The largest absolute Gasteiger partial charge is 0.493 e. The third kappa shape index (κ3) is 4.77. The third-order valence-corrected chi connectivity index (χ3v) is 7.00. The molecule has 1 amide bonds. The van der Waals surface area contributed by atoms with E-state index in [0.29, 0.717) is 11.4 Å². The lowest BCUT2D eigenvalue weighted by atomic mass is 10.1. The van der Waals surface area contributed by atoms with Gasteiger partial charge in [-0.05, 0) is 36.8 Å². The second kappa shape index (κ2) is 9.36. The molecule has 174 valence electrons. The summed E-state index contributed by atoms with van der Waals surface area (Å²) in [6.07, 6.45) is 2.86. The maximum absolute atomic E-state index is 13.2. The first-order valence-corrected chi connectivity index (χ1v) is 12.1. The fourth-order valence-corrected chi connectivity index (χ4v) is 5.23. The van der Waals surface area contributed by atoms with Crippen molar-refractivity contribution >= 4 is 27.5 Å². The molecule has 4 rings (SSSR count). The van der Waals surface area contributed by atoms with Crippen LogP contribution < -0.4 is 20.3 Å². The number of hydrogen-bond donors (Lipinski definition) is 1. The Morgan fingerprint density at radius 1 is 1.24 bits per heavy atom. The Hall–Kier alpha value is -4.17. The second-order valence-corrected chi connectivity index (χ2v) is 9.79. The Morgan fingerprint density at radius 3 is 2.65 bits per heavy atom. The Kier molecular flexibility index (Phi) is 6.34. The van der Waals surface area contributed by atoms with Gasteiger partial charge in [-0.2, -0.15) is 10.2 Å². The fourth-order valence-electron chi connectivity index (χ4n) is 3.56. The van der Waals surface area contributed by atoms with Gasteiger partial charge in [0, 0.05) is 12.2 Å². The molecule has 0 spiro atoms. The van der Waals surface area contributed by atoms with E-state index in [9.17, 15) is 23.3 Å². The first-order chi connectivity index (χ1) is 16.3. The molecule has 10 nitrogen and oxygen atoms in total. The highest BCUT2D eigenvalue weighted by atomic mass is 32.2. The summed E-state index contributed by atoms with van der Waals surface area (Å²) in [5.74, 6) is -0.454. The molecule has 3 heterocycles. The van der Waals surface area contributed by atoms with Crippen LogP contribution in [0.2, 0.25) is 0 Å². The summed E-state index contributed by atoms with van der Waals surface area (Å²) in [6.45, 7) is 0. The number of pyridine rings is 1. The molecule has 1 fully saturated rings. The normalized spacial score (nSPS) is 17.2. The monoisotopic (exact) mass is 480 g/mol. The van der Waals surface area contributed by atoms with Crippen molar-refractivity contribution < 1.29 is 22.7 Å². The van der Waals surface area contributed by atoms with Crippen LogP contribution in [0.4, 0.5) is 0 Å². The molecule has 1 atom stereocenters. The number of nitriles is 1. The van der Waals surface area contributed by atoms with Gasteiger partial charge in [0.25, 0.3) is 11.5 Å². The van der Waals surface area contributed by atoms with E-state index in [1.165, 1.54) is 17.7 Å². The van der Waals surface area contributed by atoms with Crippen LogP contribution >= 0.6 is 0 Å². The fraction of sp³-hybridized carbons (Fsp3) is 0.217. The molecule has 0 bridgehead atoms. The lowest BCUT2D eigenvalue weighted by Crippen LogP contribution is -2.36. The molecule has 34 heavy (non-hydrogen) atoms. The van der Waals surface area contributed by atoms with Gasteiger partial charge in [0.2, 0.25) is 5.88 Å². The van der Waals surface area contributed by atoms with Crippen LogP contribution in [0.25, 0.3) is 11.7 Å². The van der Waals surface area contributed by atoms with Gasteiger partial charge in [-0.15, -0.1) is 0 Å². The first-order valence-electron chi connectivity index (χ1n) is 10.3. The number of rotatable bonds is 6. The van der Waals surface area contributed by atoms with Gasteiger partial charge >= 0.3 is 0 Å². The number of nitrogens with one attached hydrogen (secondary N) is 1. The Bertz CT molecular complexity index is 1500. The van der Waals surface area contributed by atoms with E-state index >= 15 is 0 Å². The van der Waals surface area contributed by atoms with Gasteiger partial charge in [0.15, 0.2) is 21.3 Å². The number of aromatic nitrogens is 2. The van der Waals surface area contributed by atoms with Crippen LogP contribution in [0.15, 0.2) is 59.0 Å². The van der Waals surface area contributed by atoms with Crippen LogP contribution in [0.5, 0.6) is 17.4 Å². The average molecular weight is 481 g/mol. The first kappa shape index (κ1) is 23.0. The van der Waals surface area contributed by atoms with E-state index in [4.69, 9.17) is 9.47 Å². The third-order valence-electron chi connectivity index (χ3n) is 5.23. The summed E-state index contributed by atoms with van der Waals surface area (Å²) >= 11 is 0. The highest BCUT2D eigenvalue weighted by Crippen LogP contribution is 2.31. The topological polar surface area (TPSA) is 140 Å². The molecule has 0 saturated carbocycles. The number of amides is 1. The van der Waals surface area contributed by atoms with Crippen LogP contribution in [-0.2, 0) is 14.6 Å². The van der Waals surface area contributed by atoms with Crippen LogP contribution in [0.1, 0.15) is 12.0 Å². The maximum atomic E-state index is 13.2. The molecule has 1 N–H and O–H groups in total. The predicted molar refractivity (Wildman–Crippen MR) is 123 cm³/mol. The van der Waals surface area contributed by atoms with Gasteiger partial charge in [0.05, 0.1) is 18.6 Å². The molecule has 0 unspecified atom stereocenters. The van der Waals surface area contributed by atoms with Crippen molar-refractivity contribution in [2.75, 3.05) is 18.6 Å². The Labute approximate surface area is 195 Å². The summed E-state index contributed by atoms with van der Waals surface area (Å²) in [6, 6.07) is 12.9. The van der Waals surface area contributed by atoms with E-state index in [1.807, 2.05) is 0 Å². The van der Waals surface area contributed by atoms with E-state index < -0.39 is 27.3 Å². The van der Waals surface area contributed by atoms with E-state index in [2.05, 4.69) is 10.3 Å². The zero-order valence-corrected chi connectivity index (χ0v) is 18.9. The van der Waals surface area contributed by atoms with Gasteiger partial charge in [-0.25, -0.2) is 8.42 Å². The quantitative estimate of drug-likeness (QED) is 0.415. The van der Waals surface area contributed by atoms with Crippen LogP contribution in [0.3, 0.4) is 0 Å². The number of fused-ring (bicyclic) bond motifs is 1. The minimum Gasteiger partial charge on any atom is -0.493 e. The number of ether oxygens (including phenoxy) is 2. The molecule has 1 aliphatic rings. The standard InChI is InChI=1S/C23H20N4O6S/c1-32-18-6-2-3-7-19(18)33-22-17(23(29)27-10-5-4-8-20(27)26-22)12-15(13-24)21(28)25-16-9-11-34(30,31)14-16/h2-8,10,12,16H,9,11,14H2,1H3,(H,25,28)/b15-12+/t16-/m0/s1. The van der Waals surface area contributed by atoms with Crippen molar-refractivity contribution in [1.82, 2.24) is 14.7 Å². The van der Waals surface area contributed by atoms with Crippen LogP contribution in [-0.4, -0.2) is 48.4 Å². The maximum Gasteiger partial charge on any atom is 0.269 e. The highest BCUT2D eigenvalue weighted by molar-refractivity contribution is 7.91. The number of carbonyl (C=O) groups is 1. The lowest BCUT2D eigenvalue weighted by molar-refractivity contribution is -0.117. The molecular weight excluding hydrogens is 460 g/mol. The number of para-hydroxylation sites is 2. The number of carbonyl (C=O) groups excluding carboxylic acids is 1. The summed E-state index contributed by atoms with van der Waals surface area (Å²) in [7, 11) is -1.76.